The highest BCUT2D eigenvalue weighted by Gasteiger charge is 2.15. The van der Waals surface area contributed by atoms with E-state index in [2.05, 4.69) is 4.98 Å². The van der Waals surface area contributed by atoms with Crippen molar-refractivity contribution in [3.05, 3.63) is 57.8 Å². The van der Waals surface area contributed by atoms with E-state index in [1.807, 2.05) is 0 Å². The first-order valence-corrected chi connectivity index (χ1v) is 6.01. The third kappa shape index (κ3) is 2.69. The van der Waals surface area contributed by atoms with Gasteiger partial charge in [-0.05, 0) is 18.6 Å². The molecule has 0 aliphatic rings. The summed E-state index contributed by atoms with van der Waals surface area (Å²) in [7, 11) is 1.29. The smallest absolute Gasteiger partial charge is 0.340 e. The molecule has 6 heteroatoms. The summed E-state index contributed by atoms with van der Waals surface area (Å²) in [4.78, 5) is 27.7. The number of ether oxygens (including phenoxy) is 1. The molecule has 0 saturated carbocycles. The monoisotopic (exact) mass is 273 g/mol. The molecule has 0 unspecified atom stereocenters. The van der Waals surface area contributed by atoms with Crippen LogP contribution in [0.5, 0.6) is 0 Å². The molecule has 0 aliphatic carbocycles. The lowest BCUT2D eigenvalue weighted by atomic mass is 10.1. The Morgan fingerprint density at radius 1 is 1.45 bits per heavy atom. The molecular weight excluding hydrogens is 258 g/mol. The molecule has 20 heavy (non-hydrogen) atoms. The third-order valence-electron chi connectivity index (χ3n) is 2.93. The Kier molecular flexibility index (Phi) is 3.84. The second kappa shape index (κ2) is 5.56. The van der Waals surface area contributed by atoms with Crippen molar-refractivity contribution in [1.29, 1.82) is 0 Å². The Labute approximate surface area is 115 Å². The van der Waals surface area contributed by atoms with Crippen LogP contribution in [-0.4, -0.2) is 22.6 Å². The number of nitrogens with zero attached hydrogens (tertiary/aromatic N) is 2. The van der Waals surface area contributed by atoms with E-state index in [0.717, 1.165) is 0 Å². The molecular formula is C14H15N3O3. The van der Waals surface area contributed by atoms with Gasteiger partial charge in [-0.25, -0.2) is 9.78 Å². The molecule has 0 radical (unpaired) electrons. The van der Waals surface area contributed by atoms with Gasteiger partial charge in [0.2, 0.25) is 0 Å². The van der Waals surface area contributed by atoms with E-state index in [0.29, 0.717) is 16.9 Å². The lowest BCUT2D eigenvalue weighted by Crippen LogP contribution is -2.22. The average Bonchev–Trinajstić information content (AvgIpc) is 2.41. The second-order valence-corrected chi connectivity index (χ2v) is 4.37. The van der Waals surface area contributed by atoms with Crippen molar-refractivity contribution < 1.29 is 9.53 Å². The highest BCUT2D eigenvalue weighted by molar-refractivity contribution is 5.96. The zero-order valence-corrected chi connectivity index (χ0v) is 11.3. The zero-order chi connectivity index (χ0) is 14.7. The maximum atomic E-state index is 11.9. The van der Waals surface area contributed by atoms with Crippen molar-refractivity contribution in [2.45, 2.75) is 13.5 Å². The predicted molar refractivity (Wildman–Crippen MR) is 74.5 cm³/mol. The van der Waals surface area contributed by atoms with Crippen LogP contribution in [0, 0.1) is 6.92 Å². The maximum absolute atomic E-state index is 11.9. The largest absolute Gasteiger partial charge is 0.465 e. The standard InChI is InChI=1S/C14H15N3O3/c1-9-6-12(18)17(8-16-9)7-10-4-3-5-11(15)13(10)14(19)20-2/h3-6,8H,7,15H2,1-2H3. The molecule has 1 aromatic heterocycles. The summed E-state index contributed by atoms with van der Waals surface area (Å²) in [5, 5.41) is 0. The molecule has 1 aromatic carbocycles. The number of rotatable bonds is 3. The van der Waals surface area contributed by atoms with E-state index in [9.17, 15) is 9.59 Å². The van der Waals surface area contributed by atoms with Crippen molar-refractivity contribution in [1.82, 2.24) is 9.55 Å². The van der Waals surface area contributed by atoms with Gasteiger partial charge >= 0.3 is 5.97 Å². The summed E-state index contributed by atoms with van der Waals surface area (Å²) < 4.78 is 6.13. The molecule has 0 amide bonds. The van der Waals surface area contributed by atoms with Crippen LogP contribution in [0.3, 0.4) is 0 Å². The minimum atomic E-state index is -0.522. The highest BCUT2D eigenvalue weighted by Crippen LogP contribution is 2.18. The second-order valence-electron chi connectivity index (χ2n) is 4.37. The van der Waals surface area contributed by atoms with Crippen LogP contribution in [-0.2, 0) is 11.3 Å². The minimum absolute atomic E-state index is 0.184. The first-order valence-electron chi connectivity index (χ1n) is 6.01. The summed E-state index contributed by atoms with van der Waals surface area (Å²) in [5.41, 5.74) is 7.49. The van der Waals surface area contributed by atoms with E-state index in [4.69, 9.17) is 10.5 Å². The van der Waals surface area contributed by atoms with Crippen LogP contribution in [0.1, 0.15) is 21.6 Å². The fourth-order valence-corrected chi connectivity index (χ4v) is 1.92. The molecule has 2 N–H and O–H groups in total. The first-order chi connectivity index (χ1) is 9.52. The average molecular weight is 273 g/mol. The van der Waals surface area contributed by atoms with Gasteiger partial charge in [0.05, 0.1) is 25.5 Å². The summed E-state index contributed by atoms with van der Waals surface area (Å²) in [6.45, 7) is 1.95. The highest BCUT2D eigenvalue weighted by atomic mass is 16.5. The fraction of sp³-hybridized carbons (Fsp3) is 0.214. The zero-order valence-electron chi connectivity index (χ0n) is 11.3. The van der Waals surface area contributed by atoms with E-state index < -0.39 is 5.97 Å². The minimum Gasteiger partial charge on any atom is -0.465 e. The van der Waals surface area contributed by atoms with Gasteiger partial charge < -0.3 is 10.5 Å². The number of anilines is 1. The van der Waals surface area contributed by atoms with E-state index >= 15 is 0 Å². The lowest BCUT2D eigenvalue weighted by Gasteiger charge is -2.11. The number of nitrogen functional groups attached to an aromatic ring is 1. The number of nitrogens with two attached hydrogens (primary N) is 1. The maximum Gasteiger partial charge on any atom is 0.340 e. The van der Waals surface area contributed by atoms with Crippen LogP contribution in [0.4, 0.5) is 5.69 Å². The Balaban J connectivity index is 2.46. The first kappa shape index (κ1) is 13.8. The molecule has 0 saturated heterocycles. The van der Waals surface area contributed by atoms with Crippen LogP contribution < -0.4 is 11.3 Å². The molecule has 1 heterocycles. The Bertz CT molecular complexity index is 707. The number of aryl methyl sites for hydroxylation is 1. The van der Waals surface area contributed by atoms with Crippen molar-refractivity contribution >= 4 is 11.7 Å². The van der Waals surface area contributed by atoms with Gasteiger partial charge in [-0.15, -0.1) is 0 Å². The number of esters is 1. The third-order valence-corrected chi connectivity index (χ3v) is 2.93. The molecule has 0 spiro atoms. The molecule has 0 fully saturated rings. The van der Waals surface area contributed by atoms with Crippen LogP contribution >= 0.6 is 0 Å². The van der Waals surface area contributed by atoms with Crippen LogP contribution in [0.25, 0.3) is 0 Å². The van der Waals surface area contributed by atoms with Gasteiger partial charge in [0.1, 0.15) is 0 Å². The molecule has 0 atom stereocenters. The van der Waals surface area contributed by atoms with Crippen LogP contribution in [0.2, 0.25) is 0 Å². The number of aromatic nitrogens is 2. The molecule has 2 rings (SSSR count). The lowest BCUT2D eigenvalue weighted by molar-refractivity contribution is 0.0600. The fourth-order valence-electron chi connectivity index (χ4n) is 1.92. The number of hydrogen-bond donors (Lipinski definition) is 1. The SMILES string of the molecule is COC(=O)c1c(N)cccc1Cn1cnc(C)cc1=O. The quantitative estimate of drug-likeness (QED) is 0.665. The van der Waals surface area contributed by atoms with E-state index in [-0.39, 0.29) is 17.7 Å². The predicted octanol–water partition coefficient (Wildman–Crippen LogP) is 0.969. The van der Waals surface area contributed by atoms with Gasteiger partial charge in [0.15, 0.2) is 0 Å². The summed E-state index contributed by atoms with van der Waals surface area (Å²) >= 11 is 0. The summed E-state index contributed by atoms with van der Waals surface area (Å²) in [6, 6.07) is 6.51. The van der Waals surface area contributed by atoms with Crippen LogP contribution in [0.15, 0.2) is 35.4 Å². The molecule has 6 nitrogen and oxygen atoms in total. The number of methoxy groups -OCH3 is 1. The molecule has 104 valence electrons. The van der Waals surface area contributed by atoms with Crippen molar-refractivity contribution in [3.8, 4) is 0 Å². The summed E-state index contributed by atoms with van der Waals surface area (Å²) in [5.74, 6) is -0.522. The van der Waals surface area contributed by atoms with Gasteiger partial charge in [0, 0.05) is 17.4 Å². The van der Waals surface area contributed by atoms with Crippen molar-refractivity contribution in [2.75, 3.05) is 12.8 Å². The Morgan fingerprint density at radius 3 is 2.85 bits per heavy atom. The Morgan fingerprint density at radius 2 is 2.20 bits per heavy atom. The molecule has 0 aliphatic heterocycles. The number of carbonyl (C=O) groups excluding carboxylic acids is 1. The van der Waals surface area contributed by atoms with Gasteiger partial charge in [-0.3, -0.25) is 9.36 Å². The van der Waals surface area contributed by atoms with Crippen molar-refractivity contribution in [2.24, 2.45) is 0 Å². The molecule has 2 aromatic rings. The van der Waals surface area contributed by atoms with Gasteiger partial charge in [-0.2, -0.15) is 0 Å². The Hall–Kier alpha value is -2.63. The number of benzene rings is 1. The van der Waals surface area contributed by atoms with E-state index in [1.54, 1.807) is 25.1 Å². The van der Waals surface area contributed by atoms with Gasteiger partial charge in [0.25, 0.3) is 5.56 Å². The number of carbonyl (C=O) groups is 1. The molecule has 0 bridgehead atoms. The van der Waals surface area contributed by atoms with Crippen molar-refractivity contribution in [3.63, 3.8) is 0 Å². The van der Waals surface area contributed by atoms with E-state index in [1.165, 1.54) is 24.1 Å². The normalized spacial score (nSPS) is 10.3. The van der Waals surface area contributed by atoms with Gasteiger partial charge in [-0.1, -0.05) is 12.1 Å². The topological polar surface area (TPSA) is 87.2 Å². The summed E-state index contributed by atoms with van der Waals surface area (Å²) in [6.07, 6.45) is 1.45. The number of hydrogen-bond acceptors (Lipinski definition) is 5.